The number of alkyl halides is 2. The second-order valence-electron chi connectivity index (χ2n) is 3.06. The van der Waals surface area contributed by atoms with E-state index < -0.39 is 15.1 Å². The van der Waals surface area contributed by atoms with E-state index in [-0.39, 0.29) is 5.25 Å². The maximum atomic E-state index is 11.8. The van der Waals surface area contributed by atoms with Crippen LogP contribution in [0, 0.1) is 0 Å². The van der Waals surface area contributed by atoms with Crippen LogP contribution < -0.4 is 0 Å². The molecule has 2 rings (SSSR count). The third-order valence-corrected chi connectivity index (χ3v) is 4.92. The molecule has 1 aromatic rings. The Hall–Kier alpha value is -0.0500. The first kappa shape index (κ1) is 9.50. The number of rotatable bonds is 2. The van der Waals surface area contributed by atoms with E-state index in [2.05, 4.69) is 0 Å². The summed E-state index contributed by atoms with van der Waals surface area (Å²) >= 11 is 11.6. The summed E-state index contributed by atoms with van der Waals surface area (Å²) in [5.74, 6) is 0. The third-order valence-electron chi connectivity index (χ3n) is 2.00. The minimum absolute atomic E-state index is 0.0989. The molecule has 1 nitrogen and oxygen atoms in total. The predicted molar refractivity (Wildman–Crippen MR) is 55.7 cm³/mol. The van der Waals surface area contributed by atoms with Gasteiger partial charge < -0.3 is 0 Å². The molecule has 0 N–H and O–H groups in total. The Kier molecular flexibility index (Phi) is 2.39. The summed E-state index contributed by atoms with van der Waals surface area (Å²) in [6, 6.07) is 9.28. The molecule has 0 aromatic heterocycles. The summed E-state index contributed by atoms with van der Waals surface area (Å²) in [6.45, 7) is 0. The van der Waals surface area contributed by atoms with Crippen molar-refractivity contribution >= 4 is 34.0 Å². The normalized spacial score (nSPS) is 26.8. The molecule has 0 amide bonds. The molecule has 70 valence electrons. The van der Waals surface area contributed by atoms with E-state index in [9.17, 15) is 4.21 Å². The van der Waals surface area contributed by atoms with Gasteiger partial charge in [-0.25, -0.2) is 0 Å². The van der Waals surface area contributed by atoms with Crippen LogP contribution in [0.4, 0.5) is 0 Å². The molecule has 13 heavy (non-hydrogen) atoms. The molecule has 0 unspecified atom stereocenters. The van der Waals surface area contributed by atoms with Gasteiger partial charge in [-0.15, -0.1) is 23.2 Å². The van der Waals surface area contributed by atoms with Crippen LogP contribution in [0.5, 0.6) is 0 Å². The second kappa shape index (κ2) is 3.26. The Morgan fingerprint density at radius 3 is 2.31 bits per heavy atom. The van der Waals surface area contributed by atoms with Crippen molar-refractivity contribution in [2.45, 2.75) is 20.9 Å². The van der Waals surface area contributed by atoms with Gasteiger partial charge in [-0.3, -0.25) is 4.21 Å². The Labute approximate surface area is 89.5 Å². The molecule has 0 spiro atoms. The zero-order valence-corrected chi connectivity index (χ0v) is 9.07. The van der Waals surface area contributed by atoms with Gasteiger partial charge in [0.2, 0.25) is 0 Å². The van der Waals surface area contributed by atoms with Crippen LogP contribution in [-0.2, 0) is 10.8 Å². The largest absolute Gasteiger partial charge is 0.254 e. The summed E-state index contributed by atoms with van der Waals surface area (Å²) in [5.41, 5.74) is 0. The van der Waals surface area contributed by atoms with E-state index in [1.165, 1.54) is 0 Å². The molecule has 0 radical (unpaired) electrons. The lowest BCUT2D eigenvalue weighted by Gasteiger charge is -2.00. The number of halogens is 2. The fraction of sp³-hybridized carbons (Fsp3) is 0.333. The van der Waals surface area contributed by atoms with Crippen LogP contribution >= 0.6 is 23.2 Å². The van der Waals surface area contributed by atoms with Crippen molar-refractivity contribution < 1.29 is 4.21 Å². The van der Waals surface area contributed by atoms with Gasteiger partial charge in [-0.2, -0.15) is 0 Å². The summed E-state index contributed by atoms with van der Waals surface area (Å²) in [7, 11) is -1.06. The van der Waals surface area contributed by atoms with Crippen LogP contribution in [0.25, 0.3) is 0 Å². The first-order valence-electron chi connectivity index (χ1n) is 3.95. The van der Waals surface area contributed by atoms with Crippen LogP contribution in [0.15, 0.2) is 35.2 Å². The monoisotopic (exact) mass is 234 g/mol. The lowest BCUT2D eigenvalue weighted by atomic mass is 10.4. The minimum atomic E-state index is -1.06. The molecule has 1 aliphatic rings. The van der Waals surface area contributed by atoms with Crippen molar-refractivity contribution in [1.82, 2.24) is 0 Å². The van der Waals surface area contributed by atoms with Crippen LogP contribution in [0.3, 0.4) is 0 Å². The molecule has 0 heterocycles. The Morgan fingerprint density at radius 2 is 1.85 bits per heavy atom. The van der Waals surface area contributed by atoms with Crippen molar-refractivity contribution in [3.8, 4) is 0 Å². The van der Waals surface area contributed by atoms with Gasteiger partial charge in [0.25, 0.3) is 0 Å². The summed E-state index contributed by atoms with van der Waals surface area (Å²) in [4.78, 5) is 0.802. The fourth-order valence-electron chi connectivity index (χ4n) is 1.14. The zero-order valence-electron chi connectivity index (χ0n) is 6.74. The molecule has 0 saturated heterocycles. The first-order valence-corrected chi connectivity index (χ1v) is 5.91. The molecule has 0 aliphatic heterocycles. The Balaban J connectivity index is 2.17. The number of hydrogen-bond acceptors (Lipinski definition) is 1. The average molecular weight is 235 g/mol. The molecule has 1 aliphatic carbocycles. The molecule has 4 heteroatoms. The zero-order chi connectivity index (χ0) is 9.47. The molecule has 1 fully saturated rings. The number of benzene rings is 1. The van der Waals surface area contributed by atoms with Crippen molar-refractivity contribution in [3.05, 3.63) is 30.3 Å². The summed E-state index contributed by atoms with van der Waals surface area (Å²) in [5, 5.41) is -0.0989. The van der Waals surface area contributed by atoms with Gasteiger partial charge >= 0.3 is 0 Å². The van der Waals surface area contributed by atoms with Gasteiger partial charge in [-0.1, -0.05) is 18.2 Å². The molecular formula is C9H8Cl2OS. The van der Waals surface area contributed by atoms with Gasteiger partial charge in [0.15, 0.2) is 0 Å². The highest BCUT2D eigenvalue weighted by molar-refractivity contribution is 7.86. The van der Waals surface area contributed by atoms with E-state index in [0.29, 0.717) is 6.42 Å². The van der Waals surface area contributed by atoms with Gasteiger partial charge in [-0.05, 0) is 18.6 Å². The molecule has 1 aromatic carbocycles. The fourth-order valence-corrected chi connectivity index (χ4v) is 3.60. The highest BCUT2D eigenvalue weighted by atomic mass is 35.5. The van der Waals surface area contributed by atoms with E-state index in [0.717, 1.165) is 4.90 Å². The standard InChI is InChI=1S/C9H8Cl2OS/c10-9(11)6-8(9)13(12)7-4-2-1-3-5-7/h1-5,8H,6H2/t8-,13+/m0/s1. The smallest absolute Gasteiger partial charge is 0.134 e. The Bertz CT molecular complexity index is 337. The van der Waals surface area contributed by atoms with E-state index in [4.69, 9.17) is 23.2 Å². The van der Waals surface area contributed by atoms with Crippen molar-refractivity contribution in [3.63, 3.8) is 0 Å². The SMILES string of the molecule is O=[S@](c1ccccc1)[C@H]1CC1(Cl)Cl. The molecule has 0 bridgehead atoms. The maximum absolute atomic E-state index is 11.8. The van der Waals surface area contributed by atoms with Crippen molar-refractivity contribution in [1.29, 1.82) is 0 Å². The van der Waals surface area contributed by atoms with Gasteiger partial charge in [0.05, 0.1) is 16.0 Å². The topological polar surface area (TPSA) is 17.1 Å². The summed E-state index contributed by atoms with van der Waals surface area (Å²) < 4.78 is 11.0. The Morgan fingerprint density at radius 1 is 1.31 bits per heavy atom. The maximum Gasteiger partial charge on any atom is 0.134 e. The van der Waals surface area contributed by atoms with Crippen LogP contribution in [0.1, 0.15) is 6.42 Å². The highest BCUT2D eigenvalue weighted by Gasteiger charge is 2.55. The molecule has 2 atom stereocenters. The van der Waals surface area contributed by atoms with Gasteiger partial charge in [0.1, 0.15) is 4.33 Å². The first-order chi connectivity index (χ1) is 6.11. The highest BCUT2D eigenvalue weighted by Crippen LogP contribution is 2.51. The quantitative estimate of drug-likeness (QED) is 0.720. The van der Waals surface area contributed by atoms with Gasteiger partial charge in [0, 0.05) is 4.90 Å². The van der Waals surface area contributed by atoms with Crippen molar-refractivity contribution in [2.24, 2.45) is 0 Å². The predicted octanol–water partition coefficient (Wildman–Crippen LogP) is 2.74. The molecule has 1 saturated carbocycles. The van der Waals surface area contributed by atoms with Crippen LogP contribution in [-0.4, -0.2) is 13.8 Å². The van der Waals surface area contributed by atoms with E-state index in [1.54, 1.807) is 0 Å². The molecular weight excluding hydrogens is 227 g/mol. The minimum Gasteiger partial charge on any atom is -0.254 e. The lowest BCUT2D eigenvalue weighted by molar-refractivity contribution is 0.682. The number of hydrogen-bond donors (Lipinski definition) is 0. The van der Waals surface area contributed by atoms with Crippen molar-refractivity contribution in [2.75, 3.05) is 0 Å². The second-order valence-corrected chi connectivity index (χ2v) is 6.24. The lowest BCUT2D eigenvalue weighted by Crippen LogP contribution is -2.04. The average Bonchev–Trinajstić information content (AvgIpc) is 2.76. The van der Waals surface area contributed by atoms with E-state index in [1.807, 2.05) is 30.3 Å². The van der Waals surface area contributed by atoms with Crippen LogP contribution in [0.2, 0.25) is 0 Å². The summed E-state index contributed by atoms with van der Waals surface area (Å²) in [6.07, 6.45) is 0.623. The third kappa shape index (κ3) is 1.90. The van der Waals surface area contributed by atoms with E-state index >= 15 is 0 Å².